The third kappa shape index (κ3) is 3.65. The van der Waals surface area contributed by atoms with Crippen LogP contribution in [0.15, 0.2) is 24.3 Å². The van der Waals surface area contributed by atoms with Crippen LogP contribution in [0.25, 0.3) is 0 Å². The van der Waals surface area contributed by atoms with Crippen LogP contribution in [0, 0.1) is 17.3 Å². The predicted molar refractivity (Wildman–Crippen MR) is 110 cm³/mol. The van der Waals surface area contributed by atoms with Crippen LogP contribution in [0.4, 0.5) is 0 Å². The van der Waals surface area contributed by atoms with Crippen molar-refractivity contribution in [2.24, 2.45) is 17.3 Å². The second-order valence-electron chi connectivity index (χ2n) is 10.4. The summed E-state index contributed by atoms with van der Waals surface area (Å²) in [5.74, 6) is 1.07. The summed E-state index contributed by atoms with van der Waals surface area (Å²) in [7, 11) is 0. The first-order valence-corrected chi connectivity index (χ1v) is 11.5. The maximum atomic E-state index is 12.9. The van der Waals surface area contributed by atoms with Crippen LogP contribution < -0.4 is 0 Å². The zero-order valence-electron chi connectivity index (χ0n) is 17.2. The van der Waals surface area contributed by atoms with Crippen LogP contribution in [0.5, 0.6) is 0 Å². The Kier molecular flexibility index (Phi) is 4.81. The van der Waals surface area contributed by atoms with Gasteiger partial charge in [-0.3, -0.25) is 9.59 Å². The quantitative estimate of drug-likeness (QED) is 0.574. The topological polar surface area (TPSA) is 63.6 Å². The smallest absolute Gasteiger partial charge is 0.312 e. The highest BCUT2D eigenvalue weighted by Crippen LogP contribution is 2.62. The molecule has 5 aliphatic rings. The van der Waals surface area contributed by atoms with Crippen molar-refractivity contribution in [1.82, 2.24) is 0 Å². The van der Waals surface area contributed by atoms with Crippen molar-refractivity contribution in [3.63, 3.8) is 0 Å². The molecule has 0 amide bonds. The van der Waals surface area contributed by atoms with Crippen LogP contribution in [0.1, 0.15) is 92.5 Å². The predicted octanol–water partition coefficient (Wildman–Crippen LogP) is 4.79. The Morgan fingerprint density at radius 1 is 0.966 bits per heavy atom. The third-order valence-corrected chi connectivity index (χ3v) is 8.11. The van der Waals surface area contributed by atoms with Crippen molar-refractivity contribution in [1.29, 1.82) is 0 Å². The van der Waals surface area contributed by atoms with E-state index in [9.17, 15) is 14.7 Å². The number of Topliss-reactive ketones (excluding diaryl/α,β-unsaturated/α-hetero) is 1. The Bertz CT molecular complexity index is 776. The largest absolute Gasteiger partial charge is 0.457 e. The summed E-state index contributed by atoms with van der Waals surface area (Å²) in [6, 6.07) is 7.90. The first kappa shape index (κ1) is 19.3. The van der Waals surface area contributed by atoms with E-state index >= 15 is 0 Å². The lowest BCUT2D eigenvalue weighted by molar-refractivity contribution is -0.195. The summed E-state index contributed by atoms with van der Waals surface area (Å²) in [6.07, 6.45) is 11.3. The number of ketones is 1. The fourth-order valence-electron chi connectivity index (χ4n) is 7.20. The van der Waals surface area contributed by atoms with Gasteiger partial charge in [-0.2, -0.15) is 0 Å². The van der Waals surface area contributed by atoms with E-state index in [1.54, 1.807) is 0 Å². The summed E-state index contributed by atoms with van der Waals surface area (Å²) in [4.78, 5) is 25.5. The van der Waals surface area contributed by atoms with Gasteiger partial charge in [0.25, 0.3) is 0 Å². The SMILES string of the molecule is O=C(COC(=O)C12CC3CC(CC(O)(C3)C1)C2)c1ccc(C2CCCCC2)cc1. The fraction of sp³-hybridized carbons (Fsp3) is 0.680. The normalized spacial score (nSPS) is 36.2. The average Bonchev–Trinajstić information content (AvgIpc) is 2.70. The minimum absolute atomic E-state index is 0.142. The maximum Gasteiger partial charge on any atom is 0.312 e. The van der Waals surface area contributed by atoms with Gasteiger partial charge in [-0.15, -0.1) is 0 Å². The third-order valence-electron chi connectivity index (χ3n) is 8.11. The monoisotopic (exact) mass is 396 g/mol. The van der Waals surface area contributed by atoms with Gasteiger partial charge in [0.15, 0.2) is 12.4 Å². The maximum absolute atomic E-state index is 12.9. The Morgan fingerprint density at radius 3 is 2.24 bits per heavy atom. The van der Waals surface area contributed by atoms with E-state index in [0.717, 1.165) is 32.1 Å². The standard InChI is InChI=1S/C25H32O4/c26-22(21-8-6-20(7-9-21)19-4-2-1-3-5-19)15-29-23(27)24-11-17-10-18(12-24)14-25(28,13-17)16-24/h6-9,17-19,28H,1-5,10-16H2. The van der Waals surface area contributed by atoms with Crippen LogP contribution in [0.2, 0.25) is 0 Å². The molecule has 1 aromatic carbocycles. The summed E-state index contributed by atoms with van der Waals surface area (Å²) in [5.41, 5.74) is 0.674. The number of aliphatic hydroxyl groups is 1. The molecule has 5 aliphatic carbocycles. The number of rotatable bonds is 5. The Hall–Kier alpha value is -1.68. The molecule has 4 heteroatoms. The van der Waals surface area contributed by atoms with E-state index < -0.39 is 11.0 Å². The minimum Gasteiger partial charge on any atom is -0.457 e. The lowest BCUT2D eigenvalue weighted by atomic mass is 9.48. The molecule has 6 rings (SSSR count). The van der Waals surface area contributed by atoms with Crippen molar-refractivity contribution in [3.8, 4) is 0 Å². The lowest BCUT2D eigenvalue weighted by Gasteiger charge is -2.58. The fourth-order valence-corrected chi connectivity index (χ4v) is 7.20. The van der Waals surface area contributed by atoms with Gasteiger partial charge < -0.3 is 9.84 Å². The molecule has 4 nitrogen and oxygen atoms in total. The number of benzene rings is 1. The Morgan fingerprint density at radius 2 is 1.62 bits per heavy atom. The molecule has 1 aromatic rings. The highest BCUT2D eigenvalue weighted by molar-refractivity contribution is 5.98. The number of esters is 1. The second kappa shape index (κ2) is 7.23. The molecule has 0 heterocycles. The van der Waals surface area contributed by atoms with E-state index in [-0.39, 0.29) is 18.4 Å². The Balaban J connectivity index is 1.20. The van der Waals surface area contributed by atoms with Crippen molar-refractivity contribution in [2.75, 3.05) is 6.61 Å². The number of hydrogen-bond donors (Lipinski definition) is 1. The molecule has 0 radical (unpaired) electrons. The second-order valence-corrected chi connectivity index (χ2v) is 10.4. The van der Waals surface area contributed by atoms with Gasteiger partial charge >= 0.3 is 5.97 Å². The number of carbonyl (C=O) groups excluding carboxylic acids is 2. The molecule has 5 fully saturated rings. The van der Waals surface area contributed by atoms with Crippen LogP contribution in [-0.2, 0) is 9.53 Å². The molecule has 0 aliphatic heterocycles. The summed E-state index contributed by atoms with van der Waals surface area (Å²) >= 11 is 0. The highest BCUT2D eigenvalue weighted by atomic mass is 16.5. The van der Waals surface area contributed by atoms with Crippen LogP contribution in [0.3, 0.4) is 0 Å². The van der Waals surface area contributed by atoms with E-state index in [2.05, 4.69) is 12.1 Å². The van der Waals surface area contributed by atoms with Crippen molar-refractivity contribution in [3.05, 3.63) is 35.4 Å². The molecule has 29 heavy (non-hydrogen) atoms. The number of ether oxygens (including phenoxy) is 1. The van der Waals surface area contributed by atoms with Crippen LogP contribution >= 0.6 is 0 Å². The van der Waals surface area contributed by atoms with E-state index in [1.165, 1.54) is 37.7 Å². The molecule has 156 valence electrons. The van der Waals surface area contributed by atoms with Gasteiger partial charge in [-0.25, -0.2) is 0 Å². The molecule has 0 saturated heterocycles. The summed E-state index contributed by atoms with van der Waals surface area (Å²) < 4.78 is 5.54. The van der Waals surface area contributed by atoms with Crippen molar-refractivity contribution < 1.29 is 19.4 Å². The molecule has 1 N–H and O–H groups in total. The zero-order chi connectivity index (χ0) is 20.1. The molecule has 2 atom stereocenters. The highest BCUT2D eigenvalue weighted by Gasteiger charge is 2.60. The van der Waals surface area contributed by atoms with Gasteiger partial charge in [-0.1, -0.05) is 43.5 Å². The molecular formula is C25H32O4. The van der Waals surface area contributed by atoms with Crippen molar-refractivity contribution in [2.45, 2.75) is 82.1 Å². The number of hydrogen-bond acceptors (Lipinski definition) is 4. The molecular weight excluding hydrogens is 364 g/mol. The lowest BCUT2D eigenvalue weighted by Crippen LogP contribution is -2.58. The van der Waals surface area contributed by atoms with E-state index in [1.807, 2.05) is 12.1 Å². The molecule has 2 unspecified atom stereocenters. The van der Waals surface area contributed by atoms with Gasteiger partial charge in [0.05, 0.1) is 11.0 Å². The molecule has 0 aromatic heterocycles. The molecule has 4 bridgehead atoms. The minimum atomic E-state index is -0.692. The van der Waals surface area contributed by atoms with Crippen LogP contribution in [-0.4, -0.2) is 29.1 Å². The molecule has 5 saturated carbocycles. The summed E-state index contributed by atoms with van der Waals surface area (Å²) in [5, 5.41) is 10.8. The summed E-state index contributed by atoms with van der Waals surface area (Å²) in [6.45, 7) is -0.197. The van der Waals surface area contributed by atoms with Crippen molar-refractivity contribution >= 4 is 11.8 Å². The van der Waals surface area contributed by atoms with E-state index in [4.69, 9.17) is 4.74 Å². The zero-order valence-corrected chi connectivity index (χ0v) is 17.2. The van der Waals surface area contributed by atoms with Gasteiger partial charge in [-0.05, 0) is 74.7 Å². The van der Waals surface area contributed by atoms with E-state index in [0.29, 0.717) is 29.7 Å². The molecule has 0 spiro atoms. The first-order chi connectivity index (χ1) is 13.9. The van der Waals surface area contributed by atoms with Gasteiger partial charge in [0, 0.05) is 5.56 Å². The average molecular weight is 397 g/mol. The first-order valence-electron chi connectivity index (χ1n) is 11.5. The Labute approximate surface area is 173 Å². The van der Waals surface area contributed by atoms with Gasteiger partial charge in [0.1, 0.15) is 0 Å². The number of carbonyl (C=O) groups is 2. The van der Waals surface area contributed by atoms with Gasteiger partial charge in [0.2, 0.25) is 0 Å².